The molecule has 0 bridgehead atoms. The highest BCUT2D eigenvalue weighted by Crippen LogP contribution is 2.22. The Hall–Kier alpha value is -3.13. The number of hydrogen-bond acceptors (Lipinski definition) is 8. The standard InChI is InChI=1S/C19H22N6O2/c1-13-11-17(22-18-12-14(2)27-24-18)23-19(20-13)21-15-3-5-16(6-4-15)25-7-9-26-10-8-25/h3-6,11-12H,7-10H2,1-2H3,(H2,20,21,22,23,24). The highest BCUT2D eigenvalue weighted by atomic mass is 16.5. The molecule has 140 valence electrons. The fraction of sp³-hybridized carbons (Fsp3) is 0.316. The summed E-state index contributed by atoms with van der Waals surface area (Å²) in [7, 11) is 0. The van der Waals surface area contributed by atoms with Gasteiger partial charge in [-0.05, 0) is 38.1 Å². The van der Waals surface area contributed by atoms with Crippen LogP contribution in [0.5, 0.6) is 0 Å². The van der Waals surface area contributed by atoms with E-state index in [9.17, 15) is 0 Å². The van der Waals surface area contributed by atoms with Gasteiger partial charge in [0, 0.05) is 42.3 Å². The molecule has 8 heteroatoms. The second-order valence-corrected chi connectivity index (χ2v) is 6.44. The van der Waals surface area contributed by atoms with Crippen LogP contribution in [0.3, 0.4) is 0 Å². The first kappa shape index (κ1) is 17.3. The Morgan fingerprint density at radius 1 is 0.926 bits per heavy atom. The molecule has 1 aromatic carbocycles. The molecular weight excluding hydrogens is 344 g/mol. The van der Waals surface area contributed by atoms with E-state index in [4.69, 9.17) is 9.26 Å². The van der Waals surface area contributed by atoms with Gasteiger partial charge in [-0.1, -0.05) is 5.16 Å². The van der Waals surface area contributed by atoms with E-state index in [2.05, 4.69) is 42.8 Å². The third-order valence-corrected chi connectivity index (χ3v) is 4.24. The lowest BCUT2D eigenvalue weighted by molar-refractivity contribution is 0.122. The molecule has 0 saturated carbocycles. The van der Waals surface area contributed by atoms with Crippen LogP contribution in [-0.4, -0.2) is 41.4 Å². The van der Waals surface area contributed by atoms with Crippen LogP contribution in [0, 0.1) is 13.8 Å². The predicted molar refractivity (Wildman–Crippen MR) is 104 cm³/mol. The summed E-state index contributed by atoms with van der Waals surface area (Å²) in [4.78, 5) is 11.3. The number of rotatable bonds is 5. The summed E-state index contributed by atoms with van der Waals surface area (Å²) in [5.41, 5.74) is 2.97. The fourth-order valence-corrected chi connectivity index (χ4v) is 2.95. The molecule has 0 aliphatic carbocycles. The molecule has 1 saturated heterocycles. The Bertz CT molecular complexity index is 903. The molecule has 8 nitrogen and oxygen atoms in total. The van der Waals surface area contributed by atoms with Gasteiger partial charge in [0.15, 0.2) is 5.82 Å². The van der Waals surface area contributed by atoms with Crippen molar-refractivity contribution in [3.8, 4) is 0 Å². The molecule has 2 N–H and O–H groups in total. The fourth-order valence-electron chi connectivity index (χ4n) is 2.95. The van der Waals surface area contributed by atoms with Crippen LogP contribution in [0.2, 0.25) is 0 Å². The molecule has 2 aromatic heterocycles. The Kier molecular flexibility index (Phi) is 4.88. The van der Waals surface area contributed by atoms with Crippen LogP contribution in [0.1, 0.15) is 11.5 Å². The number of morpholine rings is 1. The Morgan fingerprint density at radius 3 is 2.41 bits per heavy atom. The van der Waals surface area contributed by atoms with Crippen molar-refractivity contribution in [2.24, 2.45) is 0 Å². The van der Waals surface area contributed by atoms with E-state index in [-0.39, 0.29) is 0 Å². The molecular formula is C19H22N6O2. The van der Waals surface area contributed by atoms with Gasteiger partial charge >= 0.3 is 0 Å². The minimum absolute atomic E-state index is 0.525. The van der Waals surface area contributed by atoms with E-state index in [1.165, 1.54) is 5.69 Å². The maximum Gasteiger partial charge on any atom is 0.229 e. The molecule has 3 heterocycles. The molecule has 1 aliphatic rings. The molecule has 27 heavy (non-hydrogen) atoms. The first-order valence-electron chi connectivity index (χ1n) is 8.91. The van der Waals surface area contributed by atoms with Gasteiger partial charge in [0.2, 0.25) is 5.95 Å². The van der Waals surface area contributed by atoms with Crippen LogP contribution < -0.4 is 15.5 Å². The van der Waals surface area contributed by atoms with E-state index < -0.39 is 0 Å². The SMILES string of the molecule is Cc1cc(Nc2cc(C)on2)nc(Nc2ccc(N3CCOCC3)cc2)n1. The van der Waals surface area contributed by atoms with Gasteiger partial charge in [0.05, 0.1) is 13.2 Å². The largest absolute Gasteiger partial charge is 0.378 e. The van der Waals surface area contributed by atoms with Crippen molar-refractivity contribution in [2.45, 2.75) is 13.8 Å². The highest BCUT2D eigenvalue weighted by molar-refractivity contribution is 5.61. The van der Waals surface area contributed by atoms with E-state index in [1.807, 2.05) is 38.1 Å². The van der Waals surface area contributed by atoms with Gasteiger partial charge in [0.25, 0.3) is 0 Å². The van der Waals surface area contributed by atoms with E-state index in [0.717, 1.165) is 43.4 Å². The third kappa shape index (κ3) is 4.35. The molecule has 1 aliphatic heterocycles. The van der Waals surface area contributed by atoms with Crippen LogP contribution in [0.15, 0.2) is 40.9 Å². The van der Waals surface area contributed by atoms with Gasteiger partial charge < -0.3 is 24.8 Å². The molecule has 0 unspecified atom stereocenters. The summed E-state index contributed by atoms with van der Waals surface area (Å²) in [6.45, 7) is 7.16. The predicted octanol–water partition coefficient (Wildman–Crippen LogP) is 3.41. The second-order valence-electron chi connectivity index (χ2n) is 6.44. The normalized spacial score (nSPS) is 14.2. The van der Waals surface area contributed by atoms with Gasteiger partial charge in [-0.15, -0.1) is 0 Å². The average Bonchev–Trinajstić information content (AvgIpc) is 3.07. The topological polar surface area (TPSA) is 88.3 Å². The maximum absolute atomic E-state index is 5.40. The van der Waals surface area contributed by atoms with Gasteiger partial charge in [-0.3, -0.25) is 0 Å². The molecule has 3 aromatic rings. The number of aryl methyl sites for hydroxylation is 2. The highest BCUT2D eigenvalue weighted by Gasteiger charge is 2.11. The zero-order valence-corrected chi connectivity index (χ0v) is 15.4. The van der Waals surface area contributed by atoms with E-state index >= 15 is 0 Å². The number of hydrogen-bond donors (Lipinski definition) is 2. The van der Waals surface area contributed by atoms with E-state index in [1.54, 1.807) is 0 Å². The lowest BCUT2D eigenvalue weighted by atomic mass is 10.2. The number of benzene rings is 1. The number of anilines is 5. The van der Waals surface area contributed by atoms with Crippen molar-refractivity contribution >= 4 is 29.0 Å². The number of aromatic nitrogens is 3. The smallest absolute Gasteiger partial charge is 0.229 e. The lowest BCUT2D eigenvalue weighted by Crippen LogP contribution is -2.36. The van der Waals surface area contributed by atoms with Gasteiger partial charge in [-0.25, -0.2) is 4.98 Å². The number of nitrogens with one attached hydrogen (secondary N) is 2. The average molecular weight is 366 g/mol. The summed E-state index contributed by atoms with van der Waals surface area (Å²) in [5.74, 6) is 2.54. The summed E-state index contributed by atoms with van der Waals surface area (Å²) < 4.78 is 10.5. The van der Waals surface area contributed by atoms with Crippen LogP contribution in [0.25, 0.3) is 0 Å². The summed E-state index contributed by atoms with van der Waals surface area (Å²) in [5, 5.41) is 10.3. The van der Waals surface area contributed by atoms with E-state index in [0.29, 0.717) is 17.6 Å². The van der Waals surface area contributed by atoms with Crippen molar-refractivity contribution in [2.75, 3.05) is 41.8 Å². The maximum atomic E-state index is 5.40. The lowest BCUT2D eigenvalue weighted by Gasteiger charge is -2.28. The summed E-state index contributed by atoms with van der Waals surface area (Å²) in [6, 6.07) is 11.9. The minimum atomic E-state index is 0.525. The molecule has 1 fully saturated rings. The Balaban J connectivity index is 1.47. The van der Waals surface area contributed by atoms with Gasteiger partial charge in [0.1, 0.15) is 11.6 Å². The Morgan fingerprint density at radius 2 is 1.70 bits per heavy atom. The van der Waals surface area contributed by atoms with Gasteiger partial charge in [-0.2, -0.15) is 4.98 Å². The van der Waals surface area contributed by atoms with Crippen molar-refractivity contribution in [3.05, 3.63) is 47.9 Å². The molecule has 0 radical (unpaired) electrons. The number of ether oxygens (including phenoxy) is 1. The Labute approximate surface area is 157 Å². The molecule has 0 atom stereocenters. The first-order valence-corrected chi connectivity index (χ1v) is 8.91. The first-order chi connectivity index (χ1) is 13.2. The molecule has 0 spiro atoms. The monoisotopic (exact) mass is 366 g/mol. The zero-order chi connectivity index (χ0) is 18.6. The molecule has 4 rings (SSSR count). The van der Waals surface area contributed by atoms with Crippen LogP contribution >= 0.6 is 0 Å². The van der Waals surface area contributed by atoms with Crippen LogP contribution in [0.4, 0.5) is 29.0 Å². The minimum Gasteiger partial charge on any atom is -0.378 e. The van der Waals surface area contributed by atoms with Crippen LogP contribution in [-0.2, 0) is 4.74 Å². The summed E-state index contributed by atoms with van der Waals surface area (Å²) >= 11 is 0. The summed E-state index contributed by atoms with van der Waals surface area (Å²) in [6.07, 6.45) is 0. The second kappa shape index (κ2) is 7.63. The zero-order valence-electron chi connectivity index (χ0n) is 15.4. The number of nitrogens with zero attached hydrogens (tertiary/aromatic N) is 4. The molecule has 0 amide bonds. The van der Waals surface area contributed by atoms with Crippen molar-refractivity contribution < 1.29 is 9.26 Å². The third-order valence-electron chi connectivity index (χ3n) is 4.24. The van der Waals surface area contributed by atoms with Crippen molar-refractivity contribution in [1.82, 2.24) is 15.1 Å². The quantitative estimate of drug-likeness (QED) is 0.710. The van der Waals surface area contributed by atoms with Crippen molar-refractivity contribution in [1.29, 1.82) is 0 Å². The van der Waals surface area contributed by atoms with Crippen molar-refractivity contribution in [3.63, 3.8) is 0 Å².